The SMILES string of the molecule is CC/C=N/NC1NNCC2CCCCC21. The van der Waals surface area contributed by atoms with Gasteiger partial charge in [-0.15, -0.1) is 0 Å². The topological polar surface area (TPSA) is 48.5 Å². The molecule has 1 saturated carbocycles. The van der Waals surface area contributed by atoms with Crippen LogP contribution in [-0.4, -0.2) is 18.9 Å². The van der Waals surface area contributed by atoms with E-state index >= 15 is 0 Å². The van der Waals surface area contributed by atoms with Crippen molar-refractivity contribution in [3.05, 3.63) is 0 Å². The summed E-state index contributed by atoms with van der Waals surface area (Å²) in [4.78, 5) is 0. The fourth-order valence-corrected chi connectivity index (χ4v) is 2.69. The lowest BCUT2D eigenvalue weighted by Crippen LogP contribution is -2.60. The van der Waals surface area contributed by atoms with Crippen LogP contribution in [0.25, 0.3) is 0 Å². The molecule has 2 rings (SSSR count). The van der Waals surface area contributed by atoms with Crippen LogP contribution < -0.4 is 16.3 Å². The third kappa shape index (κ3) is 2.69. The highest BCUT2D eigenvalue weighted by Gasteiger charge is 2.34. The minimum Gasteiger partial charge on any atom is -0.292 e. The Kier molecular flexibility index (Phi) is 3.97. The van der Waals surface area contributed by atoms with Crippen molar-refractivity contribution >= 4 is 6.21 Å². The highest BCUT2D eigenvalue weighted by molar-refractivity contribution is 5.56. The lowest BCUT2D eigenvalue weighted by Gasteiger charge is -2.41. The first-order valence-corrected chi connectivity index (χ1v) is 6.17. The average Bonchev–Trinajstić information content (AvgIpc) is 2.30. The van der Waals surface area contributed by atoms with Gasteiger partial charge in [0.2, 0.25) is 0 Å². The minimum absolute atomic E-state index is 0.312. The van der Waals surface area contributed by atoms with Crippen molar-refractivity contribution < 1.29 is 0 Å². The molecule has 0 aromatic carbocycles. The number of hydrazine groups is 1. The fraction of sp³-hybridized carbons (Fsp3) is 0.909. The Morgan fingerprint density at radius 3 is 3.13 bits per heavy atom. The number of fused-ring (bicyclic) bond motifs is 1. The maximum Gasteiger partial charge on any atom is 0.109 e. The van der Waals surface area contributed by atoms with E-state index in [1.165, 1.54) is 25.7 Å². The smallest absolute Gasteiger partial charge is 0.109 e. The third-order valence-corrected chi connectivity index (χ3v) is 3.51. The molecule has 1 aliphatic carbocycles. The summed E-state index contributed by atoms with van der Waals surface area (Å²) in [6, 6.07) is 0. The van der Waals surface area contributed by atoms with E-state index in [1.54, 1.807) is 0 Å². The summed E-state index contributed by atoms with van der Waals surface area (Å²) in [6.45, 7) is 3.21. The average molecular weight is 210 g/mol. The number of rotatable bonds is 3. The standard InChI is InChI=1S/C11H22N4/c1-2-7-12-14-11-10-6-4-3-5-9(10)8-13-15-11/h7,9-11,13-15H,2-6,8H2,1H3/b12-7+. The molecule has 1 saturated heterocycles. The van der Waals surface area contributed by atoms with Gasteiger partial charge in [0.15, 0.2) is 0 Å². The van der Waals surface area contributed by atoms with Gasteiger partial charge in [0, 0.05) is 12.8 Å². The molecular weight excluding hydrogens is 188 g/mol. The van der Waals surface area contributed by atoms with Gasteiger partial charge in [-0.1, -0.05) is 19.8 Å². The van der Waals surface area contributed by atoms with Crippen LogP contribution in [0.3, 0.4) is 0 Å². The number of hydrogen-bond acceptors (Lipinski definition) is 4. The molecular formula is C11H22N4. The second-order valence-electron chi connectivity index (χ2n) is 4.56. The first-order valence-electron chi connectivity index (χ1n) is 6.17. The van der Waals surface area contributed by atoms with Crippen molar-refractivity contribution in [1.82, 2.24) is 16.3 Å². The number of hydrogen-bond donors (Lipinski definition) is 3. The number of hydrazone groups is 1. The summed E-state index contributed by atoms with van der Waals surface area (Å²) >= 11 is 0. The Morgan fingerprint density at radius 2 is 2.27 bits per heavy atom. The second kappa shape index (κ2) is 5.47. The zero-order valence-electron chi connectivity index (χ0n) is 9.50. The first-order chi connectivity index (χ1) is 7.42. The van der Waals surface area contributed by atoms with Gasteiger partial charge in [-0.05, 0) is 31.1 Å². The summed E-state index contributed by atoms with van der Waals surface area (Å²) in [7, 11) is 0. The quantitative estimate of drug-likeness (QED) is 0.485. The summed E-state index contributed by atoms with van der Waals surface area (Å²) in [5.41, 5.74) is 9.79. The molecule has 86 valence electrons. The molecule has 0 bridgehead atoms. The van der Waals surface area contributed by atoms with Gasteiger partial charge >= 0.3 is 0 Å². The molecule has 2 fully saturated rings. The van der Waals surface area contributed by atoms with Crippen LogP contribution in [0.2, 0.25) is 0 Å². The normalized spacial score (nSPS) is 36.5. The molecule has 3 unspecified atom stereocenters. The Labute approximate surface area is 91.9 Å². The largest absolute Gasteiger partial charge is 0.292 e. The van der Waals surface area contributed by atoms with Crippen LogP contribution >= 0.6 is 0 Å². The third-order valence-electron chi connectivity index (χ3n) is 3.51. The van der Waals surface area contributed by atoms with Gasteiger partial charge < -0.3 is 0 Å². The van der Waals surface area contributed by atoms with E-state index in [0.29, 0.717) is 6.17 Å². The van der Waals surface area contributed by atoms with E-state index in [-0.39, 0.29) is 0 Å². The second-order valence-corrected chi connectivity index (χ2v) is 4.56. The van der Waals surface area contributed by atoms with Crippen molar-refractivity contribution in [2.45, 2.75) is 45.2 Å². The molecule has 0 spiro atoms. The first kappa shape index (κ1) is 10.9. The summed E-state index contributed by atoms with van der Waals surface area (Å²) in [6.07, 6.45) is 8.70. The van der Waals surface area contributed by atoms with E-state index < -0.39 is 0 Å². The zero-order valence-corrected chi connectivity index (χ0v) is 9.50. The van der Waals surface area contributed by atoms with Gasteiger partial charge in [-0.2, -0.15) is 5.10 Å². The van der Waals surface area contributed by atoms with Crippen molar-refractivity contribution in [2.75, 3.05) is 6.54 Å². The highest BCUT2D eigenvalue weighted by atomic mass is 15.5. The van der Waals surface area contributed by atoms with E-state index in [0.717, 1.165) is 24.8 Å². The van der Waals surface area contributed by atoms with Gasteiger partial charge in [0.05, 0.1) is 0 Å². The van der Waals surface area contributed by atoms with Crippen molar-refractivity contribution in [3.8, 4) is 0 Å². The molecule has 4 nitrogen and oxygen atoms in total. The van der Waals surface area contributed by atoms with Crippen molar-refractivity contribution in [3.63, 3.8) is 0 Å². The van der Waals surface area contributed by atoms with Crippen LogP contribution in [-0.2, 0) is 0 Å². The molecule has 1 aliphatic heterocycles. The molecule has 0 radical (unpaired) electrons. The molecule has 3 atom stereocenters. The predicted octanol–water partition coefficient (Wildman–Crippen LogP) is 1.21. The maximum absolute atomic E-state index is 4.23. The highest BCUT2D eigenvalue weighted by Crippen LogP contribution is 2.32. The van der Waals surface area contributed by atoms with E-state index in [9.17, 15) is 0 Å². The molecule has 0 aromatic heterocycles. The predicted molar refractivity (Wildman–Crippen MR) is 62.3 cm³/mol. The molecule has 2 aliphatic rings. The summed E-state index contributed by atoms with van der Waals surface area (Å²) < 4.78 is 0. The number of nitrogens with zero attached hydrogens (tertiary/aromatic N) is 1. The van der Waals surface area contributed by atoms with Crippen LogP contribution in [0.4, 0.5) is 0 Å². The van der Waals surface area contributed by atoms with Crippen LogP contribution in [0.15, 0.2) is 5.10 Å². The minimum atomic E-state index is 0.312. The number of nitrogens with one attached hydrogen (secondary N) is 3. The monoisotopic (exact) mass is 210 g/mol. The molecule has 1 heterocycles. The van der Waals surface area contributed by atoms with Crippen molar-refractivity contribution in [2.24, 2.45) is 16.9 Å². The molecule has 0 aromatic rings. The summed E-state index contributed by atoms with van der Waals surface area (Å²) in [5.74, 6) is 1.57. The summed E-state index contributed by atoms with van der Waals surface area (Å²) in [5, 5.41) is 4.23. The molecule has 4 heteroatoms. The molecule has 0 amide bonds. The van der Waals surface area contributed by atoms with Gasteiger partial charge in [0.1, 0.15) is 6.17 Å². The zero-order chi connectivity index (χ0) is 10.5. The van der Waals surface area contributed by atoms with E-state index in [1.807, 2.05) is 6.21 Å². The fourth-order valence-electron chi connectivity index (χ4n) is 2.69. The Morgan fingerprint density at radius 1 is 1.40 bits per heavy atom. The maximum atomic E-state index is 4.23. The van der Waals surface area contributed by atoms with Crippen LogP contribution in [0.5, 0.6) is 0 Å². The molecule has 3 N–H and O–H groups in total. The van der Waals surface area contributed by atoms with Crippen LogP contribution in [0.1, 0.15) is 39.0 Å². The van der Waals surface area contributed by atoms with E-state index in [2.05, 4.69) is 28.3 Å². The Bertz CT molecular complexity index is 215. The van der Waals surface area contributed by atoms with Crippen LogP contribution in [0, 0.1) is 11.8 Å². The lowest BCUT2D eigenvalue weighted by atomic mass is 9.77. The van der Waals surface area contributed by atoms with Gasteiger partial charge in [-0.25, -0.2) is 5.43 Å². The Hall–Kier alpha value is -0.610. The lowest BCUT2D eigenvalue weighted by molar-refractivity contribution is 0.0996. The van der Waals surface area contributed by atoms with Crippen molar-refractivity contribution in [1.29, 1.82) is 0 Å². The van der Waals surface area contributed by atoms with E-state index in [4.69, 9.17) is 0 Å². The van der Waals surface area contributed by atoms with Gasteiger partial charge in [0.25, 0.3) is 0 Å². The molecule has 15 heavy (non-hydrogen) atoms. The van der Waals surface area contributed by atoms with Gasteiger partial charge in [-0.3, -0.25) is 10.9 Å². The Balaban J connectivity index is 1.88.